The Labute approximate surface area is 343 Å². The zero-order chi connectivity index (χ0) is 39.7. The molecule has 2 amide bonds. The molecule has 14 nitrogen and oxygen atoms in total. The summed E-state index contributed by atoms with van der Waals surface area (Å²) < 4.78 is 12.6. The van der Waals surface area contributed by atoms with Gasteiger partial charge < -0.3 is 34.5 Å². The summed E-state index contributed by atoms with van der Waals surface area (Å²) in [7, 11) is 0. The number of imidazole rings is 1. The molecule has 0 saturated heterocycles. The van der Waals surface area contributed by atoms with Crippen molar-refractivity contribution >= 4 is 35.7 Å². The maximum atomic E-state index is 12.4. The summed E-state index contributed by atoms with van der Waals surface area (Å²) in [6, 6.07) is 17.8. The highest BCUT2D eigenvalue weighted by Crippen LogP contribution is 2.26. The van der Waals surface area contributed by atoms with Gasteiger partial charge >= 0.3 is 12.2 Å². The van der Waals surface area contributed by atoms with Gasteiger partial charge in [-0.15, -0.1) is 11.6 Å². The topological polar surface area (TPSA) is 153 Å². The Morgan fingerprint density at radius 2 is 1.17 bits per heavy atom. The van der Waals surface area contributed by atoms with E-state index in [0.717, 1.165) is 61.2 Å². The fraction of sp³-hybridized carbons (Fsp3) is 0.419. The van der Waals surface area contributed by atoms with Crippen LogP contribution in [0.2, 0.25) is 0 Å². The molecule has 0 spiro atoms. The number of benzene rings is 2. The van der Waals surface area contributed by atoms with Crippen molar-refractivity contribution in [2.24, 2.45) is 0 Å². The number of nitrogens with one attached hydrogen (secondary N) is 2. The molecule has 0 saturated carbocycles. The van der Waals surface area contributed by atoms with Gasteiger partial charge in [0.15, 0.2) is 0 Å². The number of hydrogen-bond donors (Lipinski definition) is 2. The van der Waals surface area contributed by atoms with E-state index in [1.807, 2.05) is 23.2 Å². The van der Waals surface area contributed by atoms with Crippen LogP contribution in [0.5, 0.6) is 0 Å². The van der Waals surface area contributed by atoms with Gasteiger partial charge in [0.05, 0.1) is 44.0 Å². The number of rotatable bonds is 11. The van der Waals surface area contributed by atoms with Crippen LogP contribution in [0.3, 0.4) is 0 Å². The SMILES string of the molecule is O=C(OCCCCl)N1CCc2nc(NC3Cc4ccccc4C3)ncc2C1.O=C(OCCCn1ccnc1)N1CCc2nc(NC3Cc4ccccc4C3)ncc2C1. The Morgan fingerprint density at radius 1 is 0.690 bits per heavy atom. The lowest BCUT2D eigenvalue weighted by atomic mass is 10.1. The molecule has 9 rings (SSSR count). The van der Waals surface area contributed by atoms with E-state index in [1.165, 1.54) is 22.3 Å². The summed E-state index contributed by atoms with van der Waals surface area (Å²) in [6.45, 7) is 3.73. The van der Waals surface area contributed by atoms with Gasteiger partial charge in [-0.3, -0.25) is 0 Å². The van der Waals surface area contributed by atoms with E-state index in [2.05, 4.69) is 74.1 Å². The monoisotopic (exact) mass is 804 g/mol. The first kappa shape index (κ1) is 39.1. The largest absolute Gasteiger partial charge is 0.449 e. The summed E-state index contributed by atoms with van der Waals surface area (Å²) >= 11 is 5.61. The van der Waals surface area contributed by atoms with Gasteiger partial charge in [0.25, 0.3) is 0 Å². The molecular weight excluding hydrogens is 756 g/mol. The molecule has 0 bridgehead atoms. The Kier molecular flexibility index (Phi) is 12.6. The molecule has 302 valence electrons. The summed E-state index contributed by atoms with van der Waals surface area (Å²) in [5.74, 6) is 1.84. The number of amides is 2. The number of ether oxygens (including phenoxy) is 2. The van der Waals surface area contributed by atoms with E-state index in [4.69, 9.17) is 31.0 Å². The van der Waals surface area contributed by atoms with Crippen LogP contribution in [0.1, 0.15) is 57.6 Å². The molecule has 3 aromatic heterocycles. The standard InChI is InChI=1S/C23H26N6O2.C20H23ClN4O2/c30-23(31-11-3-8-28-10-7-24-16-28)29-9-6-21-19(15-29)14-25-22(27-21)26-20-12-17-4-1-2-5-18(17)13-20;21-7-3-9-27-20(26)25-8-6-18-16(13-25)12-22-19(24-18)23-17-10-14-4-1-2-5-15(14)11-17/h1-2,4-5,7,10,14,16,20H,3,6,8-9,11-13,15H2,(H,25,26,27);1-2,4-5,12,17H,3,6-11,13H2,(H,22,23,24). The van der Waals surface area contributed by atoms with Crippen LogP contribution in [0.15, 0.2) is 79.6 Å². The van der Waals surface area contributed by atoms with Crippen LogP contribution in [-0.4, -0.2) is 95.7 Å². The molecule has 15 heteroatoms. The number of alkyl halides is 1. The predicted molar refractivity (Wildman–Crippen MR) is 220 cm³/mol. The molecule has 0 unspecified atom stereocenters. The number of anilines is 2. The molecule has 2 aliphatic carbocycles. The molecule has 2 aromatic carbocycles. The van der Waals surface area contributed by atoms with Crippen molar-refractivity contribution in [2.75, 3.05) is 42.8 Å². The fourth-order valence-corrected chi connectivity index (χ4v) is 8.10. The van der Waals surface area contributed by atoms with Gasteiger partial charge in [0, 0.05) is 86.4 Å². The fourth-order valence-electron chi connectivity index (χ4n) is 7.99. The minimum absolute atomic E-state index is 0.276. The number of halogens is 1. The van der Waals surface area contributed by atoms with Gasteiger partial charge in [-0.05, 0) is 60.8 Å². The first-order chi connectivity index (χ1) is 28.5. The zero-order valence-corrected chi connectivity index (χ0v) is 33.3. The van der Waals surface area contributed by atoms with Gasteiger partial charge in [-0.2, -0.15) is 0 Å². The van der Waals surface area contributed by atoms with E-state index in [9.17, 15) is 9.59 Å². The van der Waals surface area contributed by atoms with Crippen molar-refractivity contribution in [3.05, 3.63) is 124 Å². The smallest absolute Gasteiger partial charge is 0.410 e. The molecule has 5 aromatic rings. The highest BCUT2D eigenvalue weighted by Gasteiger charge is 2.27. The molecule has 0 fully saturated rings. The average molecular weight is 805 g/mol. The number of aromatic nitrogens is 6. The molecule has 0 atom stereocenters. The lowest BCUT2D eigenvalue weighted by Gasteiger charge is -2.27. The normalized spacial score (nSPS) is 15.7. The Morgan fingerprint density at radius 3 is 1.62 bits per heavy atom. The quantitative estimate of drug-likeness (QED) is 0.119. The van der Waals surface area contributed by atoms with Crippen molar-refractivity contribution in [3.8, 4) is 0 Å². The van der Waals surface area contributed by atoms with Gasteiger partial charge in [0.2, 0.25) is 11.9 Å². The number of aryl methyl sites for hydroxylation is 1. The lowest BCUT2D eigenvalue weighted by Crippen LogP contribution is -2.37. The lowest BCUT2D eigenvalue weighted by molar-refractivity contribution is 0.0952. The first-order valence-corrected chi connectivity index (χ1v) is 20.7. The molecule has 58 heavy (non-hydrogen) atoms. The van der Waals surface area contributed by atoms with Gasteiger partial charge in [0.1, 0.15) is 0 Å². The Hall–Kier alpha value is -5.76. The third kappa shape index (κ3) is 9.84. The third-order valence-corrected chi connectivity index (χ3v) is 11.3. The van der Waals surface area contributed by atoms with Gasteiger partial charge in [-0.1, -0.05) is 48.5 Å². The van der Waals surface area contributed by atoms with E-state index in [-0.39, 0.29) is 12.2 Å². The summed E-state index contributed by atoms with van der Waals surface area (Å²) in [4.78, 5) is 50.3. The molecular formula is C43H49ClN10O4. The summed E-state index contributed by atoms with van der Waals surface area (Å²) in [6.07, 6.45) is 15.3. The van der Waals surface area contributed by atoms with Crippen LogP contribution in [-0.2, 0) is 67.6 Å². The van der Waals surface area contributed by atoms with Crippen molar-refractivity contribution in [1.82, 2.24) is 39.3 Å². The van der Waals surface area contributed by atoms with Gasteiger partial charge in [-0.25, -0.2) is 34.5 Å². The number of fused-ring (bicyclic) bond motifs is 4. The van der Waals surface area contributed by atoms with Crippen LogP contribution in [0.4, 0.5) is 21.5 Å². The minimum atomic E-state index is -0.295. The molecule has 2 aliphatic heterocycles. The van der Waals surface area contributed by atoms with Crippen molar-refractivity contribution in [3.63, 3.8) is 0 Å². The van der Waals surface area contributed by atoms with Crippen molar-refractivity contribution < 1.29 is 19.1 Å². The number of carbonyl (C=O) groups is 2. The summed E-state index contributed by atoms with van der Waals surface area (Å²) in [5.41, 5.74) is 9.59. The summed E-state index contributed by atoms with van der Waals surface area (Å²) in [5, 5.41) is 6.95. The second-order valence-corrected chi connectivity index (χ2v) is 15.5. The van der Waals surface area contributed by atoms with E-state index < -0.39 is 0 Å². The average Bonchev–Trinajstić information content (AvgIpc) is 4.02. The number of hydrogen-bond acceptors (Lipinski definition) is 11. The van der Waals surface area contributed by atoms with Crippen LogP contribution < -0.4 is 10.6 Å². The maximum absolute atomic E-state index is 12.4. The zero-order valence-electron chi connectivity index (χ0n) is 32.6. The van der Waals surface area contributed by atoms with E-state index in [0.29, 0.717) is 88.5 Å². The van der Waals surface area contributed by atoms with Crippen molar-refractivity contribution in [1.29, 1.82) is 0 Å². The van der Waals surface area contributed by atoms with E-state index >= 15 is 0 Å². The van der Waals surface area contributed by atoms with Crippen molar-refractivity contribution in [2.45, 2.75) is 83.1 Å². The molecule has 2 N–H and O–H groups in total. The van der Waals surface area contributed by atoms with E-state index in [1.54, 1.807) is 22.3 Å². The predicted octanol–water partition coefficient (Wildman–Crippen LogP) is 6.02. The first-order valence-electron chi connectivity index (χ1n) is 20.2. The second kappa shape index (κ2) is 18.7. The van der Waals surface area contributed by atoms with Crippen LogP contribution in [0.25, 0.3) is 0 Å². The molecule has 0 radical (unpaired) electrons. The van der Waals surface area contributed by atoms with Crippen LogP contribution >= 0.6 is 11.6 Å². The highest BCUT2D eigenvalue weighted by molar-refractivity contribution is 6.17. The Balaban J connectivity index is 0.000000164. The molecule has 5 heterocycles. The number of nitrogens with zero attached hydrogens (tertiary/aromatic N) is 8. The highest BCUT2D eigenvalue weighted by atomic mass is 35.5. The minimum Gasteiger partial charge on any atom is -0.449 e. The molecule has 4 aliphatic rings. The number of carbonyl (C=O) groups excluding carboxylic acids is 2. The maximum Gasteiger partial charge on any atom is 0.410 e. The Bertz CT molecular complexity index is 2140. The van der Waals surface area contributed by atoms with Crippen LogP contribution in [0, 0.1) is 0 Å². The third-order valence-electron chi connectivity index (χ3n) is 11.0. The second-order valence-electron chi connectivity index (χ2n) is 15.1.